The first-order chi connectivity index (χ1) is 14.4. The third-order valence-corrected chi connectivity index (χ3v) is 5.75. The molecule has 1 saturated heterocycles. The van der Waals surface area contributed by atoms with Gasteiger partial charge in [-0.2, -0.15) is 0 Å². The van der Waals surface area contributed by atoms with E-state index < -0.39 is 18.2 Å². The quantitative estimate of drug-likeness (QED) is 0.538. The van der Waals surface area contributed by atoms with Gasteiger partial charge in [0.15, 0.2) is 0 Å². The molecule has 0 aliphatic carbocycles. The highest BCUT2D eigenvalue weighted by atomic mass is 35.5. The maximum Gasteiger partial charge on any atom is 0.250 e. The van der Waals surface area contributed by atoms with E-state index in [1.807, 2.05) is 37.3 Å². The molecule has 0 bridgehead atoms. The number of morpholine rings is 1. The molecule has 30 heavy (non-hydrogen) atoms. The third kappa shape index (κ3) is 4.51. The summed E-state index contributed by atoms with van der Waals surface area (Å²) in [5, 5.41) is 4.27. The highest BCUT2D eigenvalue weighted by Crippen LogP contribution is 2.37. The SMILES string of the molecule is Cc1ccc(CC2OC(c3ccc(Cl)cc3)C(c3ccc(Cl)cc3)NC2=O)c(F)c1. The van der Waals surface area contributed by atoms with Crippen LogP contribution in [0.5, 0.6) is 0 Å². The Morgan fingerprint density at radius 1 is 0.933 bits per heavy atom. The second kappa shape index (κ2) is 8.76. The van der Waals surface area contributed by atoms with Gasteiger partial charge in [-0.05, 0) is 59.5 Å². The summed E-state index contributed by atoms with van der Waals surface area (Å²) < 4.78 is 20.6. The molecular weight excluding hydrogens is 424 g/mol. The standard InChI is InChI=1S/C24H20Cl2FNO2/c1-14-2-3-17(20(27)12-14)13-21-24(29)28-22(15-4-8-18(25)9-5-15)23(30-21)16-6-10-19(26)11-7-16/h2-12,21-23H,13H2,1H3,(H,28,29). The van der Waals surface area contributed by atoms with Crippen molar-refractivity contribution in [3.63, 3.8) is 0 Å². The number of hydrogen-bond donors (Lipinski definition) is 1. The van der Waals surface area contributed by atoms with E-state index in [2.05, 4.69) is 5.32 Å². The van der Waals surface area contributed by atoms with Gasteiger partial charge in [-0.15, -0.1) is 0 Å². The Bertz CT molecular complexity index is 1050. The zero-order chi connectivity index (χ0) is 21.3. The van der Waals surface area contributed by atoms with Gasteiger partial charge in [-0.25, -0.2) is 4.39 Å². The average molecular weight is 444 g/mol. The van der Waals surface area contributed by atoms with Gasteiger partial charge in [0.05, 0.1) is 6.04 Å². The number of rotatable bonds is 4. The van der Waals surface area contributed by atoms with E-state index in [1.54, 1.807) is 30.3 Å². The van der Waals surface area contributed by atoms with Crippen LogP contribution < -0.4 is 5.32 Å². The molecule has 3 unspecified atom stereocenters. The number of hydrogen-bond acceptors (Lipinski definition) is 2. The Kier molecular flexibility index (Phi) is 6.09. The van der Waals surface area contributed by atoms with Crippen LogP contribution in [0.15, 0.2) is 66.7 Å². The second-order valence-electron chi connectivity index (χ2n) is 7.43. The van der Waals surface area contributed by atoms with Crippen LogP contribution in [-0.4, -0.2) is 12.0 Å². The molecular formula is C24H20Cl2FNO2. The first-order valence-electron chi connectivity index (χ1n) is 9.62. The monoisotopic (exact) mass is 443 g/mol. The summed E-state index contributed by atoms with van der Waals surface area (Å²) in [6.07, 6.45) is -1.12. The molecule has 1 heterocycles. The fourth-order valence-electron chi connectivity index (χ4n) is 3.65. The van der Waals surface area contributed by atoms with Crippen LogP contribution in [0.3, 0.4) is 0 Å². The Morgan fingerprint density at radius 2 is 1.53 bits per heavy atom. The van der Waals surface area contributed by atoms with Crippen molar-refractivity contribution in [2.24, 2.45) is 0 Å². The minimum Gasteiger partial charge on any atom is -0.358 e. The smallest absolute Gasteiger partial charge is 0.250 e. The number of ether oxygens (including phenoxy) is 1. The van der Waals surface area contributed by atoms with Crippen LogP contribution >= 0.6 is 23.2 Å². The van der Waals surface area contributed by atoms with E-state index in [0.717, 1.165) is 16.7 Å². The summed E-state index contributed by atoms with van der Waals surface area (Å²) in [6.45, 7) is 1.82. The van der Waals surface area contributed by atoms with Gasteiger partial charge in [0.2, 0.25) is 5.91 Å². The van der Waals surface area contributed by atoms with Crippen molar-refractivity contribution in [2.75, 3.05) is 0 Å². The predicted octanol–water partition coefficient (Wildman–Crippen LogP) is 5.98. The summed E-state index contributed by atoms with van der Waals surface area (Å²) in [5.41, 5.74) is 3.01. The number of benzene rings is 3. The van der Waals surface area contributed by atoms with Crippen LogP contribution in [0.25, 0.3) is 0 Å². The van der Waals surface area contributed by atoms with Crippen molar-refractivity contribution >= 4 is 29.1 Å². The summed E-state index contributed by atoms with van der Waals surface area (Å²) in [6, 6.07) is 19.2. The van der Waals surface area contributed by atoms with Gasteiger partial charge in [-0.3, -0.25) is 4.79 Å². The topological polar surface area (TPSA) is 38.3 Å². The molecule has 6 heteroatoms. The fourth-order valence-corrected chi connectivity index (χ4v) is 3.90. The minimum atomic E-state index is -0.813. The lowest BCUT2D eigenvalue weighted by molar-refractivity contribution is -0.150. The van der Waals surface area contributed by atoms with Gasteiger partial charge in [0, 0.05) is 16.5 Å². The van der Waals surface area contributed by atoms with Crippen molar-refractivity contribution in [3.8, 4) is 0 Å². The largest absolute Gasteiger partial charge is 0.358 e. The molecule has 1 aliphatic rings. The first kappa shape index (κ1) is 20.9. The van der Waals surface area contributed by atoms with Crippen LogP contribution in [0.4, 0.5) is 4.39 Å². The molecule has 1 N–H and O–H groups in total. The highest BCUT2D eigenvalue weighted by Gasteiger charge is 2.38. The summed E-state index contributed by atoms with van der Waals surface area (Å²) >= 11 is 12.1. The first-order valence-corrected chi connectivity index (χ1v) is 10.4. The lowest BCUT2D eigenvalue weighted by Gasteiger charge is -2.37. The number of aryl methyl sites for hydroxylation is 1. The van der Waals surface area contributed by atoms with Crippen LogP contribution in [0.1, 0.15) is 34.4 Å². The van der Waals surface area contributed by atoms with Gasteiger partial charge >= 0.3 is 0 Å². The van der Waals surface area contributed by atoms with Crippen molar-refractivity contribution < 1.29 is 13.9 Å². The van der Waals surface area contributed by atoms with E-state index in [9.17, 15) is 9.18 Å². The number of carbonyl (C=O) groups is 1. The molecule has 1 aliphatic heterocycles. The zero-order valence-corrected chi connectivity index (χ0v) is 17.8. The van der Waals surface area contributed by atoms with Crippen molar-refractivity contribution in [1.29, 1.82) is 0 Å². The predicted molar refractivity (Wildman–Crippen MR) is 116 cm³/mol. The molecule has 4 rings (SSSR count). The fraction of sp³-hybridized carbons (Fsp3) is 0.208. The normalized spacial score (nSPS) is 21.3. The number of halogens is 3. The van der Waals surface area contributed by atoms with Crippen LogP contribution in [-0.2, 0) is 16.0 Å². The Morgan fingerprint density at radius 3 is 2.13 bits per heavy atom. The van der Waals surface area contributed by atoms with E-state index in [0.29, 0.717) is 15.6 Å². The van der Waals surface area contributed by atoms with Gasteiger partial charge in [-0.1, -0.05) is 59.6 Å². The molecule has 154 valence electrons. The molecule has 0 spiro atoms. The summed E-state index contributed by atoms with van der Waals surface area (Å²) in [5.74, 6) is -0.616. The maximum atomic E-state index is 14.4. The van der Waals surface area contributed by atoms with Crippen molar-refractivity contribution in [1.82, 2.24) is 5.32 Å². The number of amides is 1. The zero-order valence-electron chi connectivity index (χ0n) is 16.2. The maximum absolute atomic E-state index is 14.4. The third-order valence-electron chi connectivity index (χ3n) is 5.25. The summed E-state index contributed by atoms with van der Waals surface area (Å²) in [7, 11) is 0. The highest BCUT2D eigenvalue weighted by molar-refractivity contribution is 6.30. The lowest BCUT2D eigenvalue weighted by atomic mass is 9.92. The Hall–Kier alpha value is -2.40. The van der Waals surface area contributed by atoms with E-state index in [1.165, 1.54) is 6.07 Å². The molecule has 0 aromatic heterocycles. The molecule has 3 aromatic carbocycles. The van der Waals surface area contributed by atoms with Crippen LogP contribution in [0.2, 0.25) is 10.0 Å². The number of nitrogens with one attached hydrogen (secondary N) is 1. The Labute approximate surface area is 184 Å². The van der Waals surface area contributed by atoms with Gasteiger partial charge in [0.25, 0.3) is 0 Å². The van der Waals surface area contributed by atoms with Gasteiger partial charge < -0.3 is 10.1 Å². The van der Waals surface area contributed by atoms with E-state index >= 15 is 0 Å². The van der Waals surface area contributed by atoms with Crippen molar-refractivity contribution in [3.05, 3.63) is 105 Å². The van der Waals surface area contributed by atoms with Crippen LogP contribution in [0, 0.1) is 12.7 Å². The van der Waals surface area contributed by atoms with Crippen molar-refractivity contribution in [2.45, 2.75) is 31.6 Å². The molecule has 0 radical (unpaired) electrons. The molecule has 1 fully saturated rings. The molecule has 3 aromatic rings. The van der Waals surface area contributed by atoms with E-state index in [4.69, 9.17) is 27.9 Å². The van der Waals surface area contributed by atoms with Gasteiger partial charge in [0.1, 0.15) is 18.0 Å². The molecule has 3 nitrogen and oxygen atoms in total. The lowest BCUT2D eigenvalue weighted by Crippen LogP contribution is -2.48. The molecule has 1 amide bonds. The average Bonchev–Trinajstić information content (AvgIpc) is 2.72. The molecule has 3 atom stereocenters. The number of carbonyl (C=O) groups excluding carboxylic acids is 1. The Balaban J connectivity index is 1.66. The molecule has 0 saturated carbocycles. The van der Waals surface area contributed by atoms with E-state index in [-0.39, 0.29) is 18.1 Å². The minimum absolute atomic E-state index is 0.148. The second-order valence-corrected chi connectivity index (χ2v) is 8.31. The summed E-state index contributed by atoms with van der Waals surface area (Å²) in [4.78, 5) is 12.9.